The van der Waals surface area contributed by atoms with Crippen molar-refractivity contribution in [3.63, 3.8) is 0 Å². The van der Waals surface area contributed by atoms with Crippen LogP contribution in [0.15, 0.2) is 27.9 Å². The van der Waals surface area contributed by atoms with Gasteiger partial charge in [0.1, 0.15) is 5.82 Å². The fourth-order valence-corrected chi connectivity index (χ4v) is 7.15. The van der Waals surface area contributed by atoms with Gasteiger partial charge in [-0.25, -0.2) is 23.1 Å². The van der Waals surface area contributed by atoms with Crippen molar-refractivity contribution in [3.8, 4) is 0 Å². The lowest BCUT2D eigenvalue weighted by Crippen LogP contribution is -2.48. The maximum Gasteiger partial charge on any atom is 0.268 e. The highest BCUT2D eigenvalue weighted by Gasteiger charge is 2.29. The molecule has 2 aromatic heterocycles. The smallest absolute Gasteiger partial charge is 0.268 e. The highest BCUT2D eigenvalue weighted by atomic mass is 35.5. The molecule has 2 fully saturated rings. The zero-order valence-electron chi connectivity index (χ0n) is 19.8. The van der Waals surface area contributed by atoms with E-state index >= 15 is 0 Å². The molecule has 2 saturated heterocycles. The molecule has 1 N–H and O–H groups in total. The third kappa shape index (κ3) is 5.39. The summed E-state index contributed by atoms with van der Waals surface area (Å²) < 4.78 is 34.4. The van der Waals surface area contributed by atoms with Gasteiger partial charge in [0.2, 0.25) is 9.62 Å². The van der Waals surface area contributed by atoms with Gasteiger partial charge in [-0.15, -0.1) is 11.3 Å². The van der Waals surface area contributed by atoms with E-state index in [1.165, 1.54) is 0 Å². The maximum atomic E-state index is 13.0. The minimum atomic E-state index is -3.69. The van der Waals surface area contributed by atoms with Crippen molar-refractivity contribution in [2.24, 2.45) is 0 Å². The van der Waals surface area contributed by atoms with Crippen molar-refractivity contribution >= 4 is 55.4 Å². The summed E-state index contributed by atoms with van der Waals surface area (Å²) in [5, 5.41) is 2.89. The van der Waals surface area contributed by atoms with Crippen LogP contribution in [0.2, 0.25) is 5.28 Å². The molecule has 0 radical (unpaired) electrons. The summed E-state index contributed by atoms with van der Waals surface area (Å²) >= 11 is 7.49. The number of hydrogen-bond acceptors (Lipinski definition) is 9. The number of hydrogen-bond donors (Lipinski definition) is 1. The van der Waals surface area contributed by atoms with Crippen LogP contribution in [0.1, 0.15) is 38.3 Å². The summed E-state index contributed by atoms with van der Waals surface area (Å²) in [4.78, 5) is 17.7. The number of nitrogens with one attached hydrogen (secondary N) is 1. The average Bonchev–Trinajstić information content (AvgIpc) is 3.36. The SMILES string of the molecule is CC(C)c1csc(S(=O)(=O)NC2CCCN(c3nc(Cl)nc4cc(N5CCOCC5)ccc34)C2)n1. The predicted octanol–water partition coefficient (Wildman–Crippen LogP) is 3.65. The summed E-state index contributed by atoms with van der Waals surface area (Å²) in [6.45, 7) is 8.34. The Labute approximate surface area is 214 Å². The molecular weight excluding hydrogens is 508 g/mol. The van der Waals surface area contributed by atoms with Crippen LogP contribution in [0.5, 0.6) is 0 Å². The van der Waals surface area contributed by atoms with Crippen molar-refractivity contribution in [2.45, 2.75) is 43.0 Å². The van der Waals surface area contributed by atoms with Gasteiger partial charge < -0.3 is 14.5 Å². The van der Waals surface area contributed by atoms with Crippen molar-refractivity contribution in [2.75, 3.05) is 49.2 Å². The predicted molar refractivity (Wildman–Crippen MR) is 139 cm³/mol. The first kappa shape index (κ1) is 24.6. The van der Waals surface area contributed by atoms with Crippen molar-refractivity contribution in [1.82, 2.24) is 19.7 Å². The first-order valence-electron chi connectivity index (χ1n) is 11.8. The van der Waals surface area contributed by atoms with Crippen LogP contribution in [-0.4, -0.2) is 68.8 Å². The van der Waals surface area contributed by atoms with Gasteiger partial charge in [-0.1, -0.05) is 13.8 Å². The quantitative estimate of drug-likeness (QED) is 0.476. The Kier molecular flexibility index (Phi) is 7.13. The standard InChI is InChI=1S/C23H29ClN6O3S2/c1-15(2)20-14-34-23(26-20)35(31,32)28-16-4-3-7-30(13-16)21-18-6-5-17(29-8-10-33-11-9-29)12-19(18)25-22(24)27-21/h5-6,12,14-16,28H,3-4,7-11,13H2,1-2H3. The van der Waals surface area contributed by atoms with Crippen LogP contribution < -0.4 is 14.5 Å². The number of thiazole rings is 1. The van der Waals surface area contributed by atoms with Crippen molar-refractivity contribution in [1.29, 1.82) is 0 Å². The number of rotatable bonds is 6. The minimum Gasteiger partial charge on any atom is -0.378 e. The number of halogens is 1. The highest BCUT2D eigenvalue weighted by molar-refractivity contribution is 7.91. The van der Waals surface area contributed by atoms with Crippen LogP contribution in [0, 0.1) is 0 Å². The van der Waals surface area contributed by atoms with E-state index in [2.05, 4.69) is 35.5 Å². The molecule has 3 aromatic rings. The second kappa shape index (κ2) is 10.1. The van der Waals surface area contributed by atoms with Gasteiger partial charge in [0.25, 0.3) is 10.0 Å². The summed E-state index contributed by atoms with van der Waals surface area (Å²) in [6, 6.07) is 5.89. The third-order valence-electron chi connectivity index (χ3n) is 6.37. The topological polar surface area (TPSA) is 101 Å². The van der Waals surface area contributed by atoms with Gasteiger partial charge in [-0.2, -0.15) is 4.98 Å². The van der Waals surface area contributed by atoms with E-state index in [-0.39, 0.29) is 21.6 Å². The molecule has 0 spiro atoms. The average molecular weight is 537 g/mol. The Hall–Kier alpha value is -2.05. The number of ether oxygens (including phenoxy) is 1. The van der Waals surface area contributed by atoms with E-state index in [1.807, 2.05) is 31.4 Å². The fraction of sp³-hybridized carbons (Fsp3) is 0.522. The lowest BCUT2D eigenvalue weighted by molar-refractivity contribution is 0.122. The van der Waals surface area contributed by atoms with E-state index in [4.69, 9.17) is 16.3 Å². The van der Waals surface area contributed by atoms with Gasteiger partial charge >= 0.3 is 0 Å². The molecule has 1 unspecified atom stereocenters. The molecule has 0 bridgehead atoms. The molecular formula is C23H29ClN6O3S2. The second-order valence-electron chi connectivity index (χ2n) is 9.22. The van der Waals surface area contributed by atoms with E-state index < -0.39 is 10.0 Å². The molecule has 0 aliphatic carbocycles. The summed E-state index contributed by atoms with van der Waals surface area (Å²) in [5.74, 6) is 0.911. The number of benzene rings is 1. The monoisotopic (exact) mass is 536 g/mol. The van der Waals surface area contributed by atoms with Crippen LogP contribution in [0.4, 0.5) is 11.5 Å². The fourth-order valence-electron chi connectivity index (χ4n) is 4.53. The van der Waals surface area contributed by atoms with Crippen LogP contribution in [0.25, 0.3) is 10.9 Å². The minimum absolute atomic E-state index is 0.115. The highest BCUT2D eigenvalue weighted by Crippen LogP contribution is 2.31. The lowest BCUT2D eigenvalue weighted by atomic mass is 10.1. The number of nitrogens with zero attached hydrogens (tertiary/aromatic N) is 5. The number of fused-ring (bicyclic) bond motifs is 1. The van der Waals surface area contributed by atoms with Crippen LogP contribution in [-0.2, 0) is 14.8 Å². The molecule has 0 saturated carbocycles. The molecule has 1 aromatic carbocycles. The van der Waals surface area contributed by atoms with Gasteiger partial charge in [-0.05, 0) is 48.6 Å². The van der Waals surface area contributed by atoms with E-state index in [0.29, 0.717) is 19.8 Å². The lowest BCUT2D eigenvalue weighted by Gasteiger charge is -2.34. The van der Waals surface area contributed by atoms with E-state index in [1.54, 1.807) is 0 Å². The zero-order chi connectivity index (χ0) is 24.6. The number of aromatic nitrogens is 3. The van der Waals surface area contributed by atoms with Gasteiger partial charge in [-0.3, -0.25) is 0 Å². The van der Waals surface area contributed by atoms with Gasteiger partial charge in [0.15, 0.2) is 0 Å². The zero-order valence-corrected chi connectivity index (χ0v) is 22.2. The molecule has 2 aliphatic heterocycles. The molecule has 188 valence electrons. The summed E-state index contributed by atoms with van der Waals surface area (Å²) in [6.07, 6.45) is 1.58. The Bertz CT molecular complexity index is 1310. The molecule has 0 amide bonds. The Morgan fingerprint density at radius 1 is 1.14 bits per heavy atom. The molecule has 12 heteroatoms. The molecule has 9 nitrogen and oxygen atoms in total. The molecule has 2 aliphatic rings. The van der Waals surface area contributed by atoms with E-state index in [9.17, 15) is 8.42 Å². The first-order chi connectivity index (χ1) is 16.8. The normalized spacial score (nSPS) is 19.6. The number of sulfonamides is 1. The Morgan fingerprint density at radius 3 is 2.69 bits per heavy atom. The first-order valence-corrected chi connectivity index (χ1v) is 14.6. The van der Waals surface area contributed by atoms with Crippen molar-refractivity contribution in [3.05, 3.63) is 34.6 Å². The number of morpholine rings is 1. The second-order valence-corrected chi connectivity index (χ2v) is 12.3. The summed E-state index contributed by atoms with van der Waals surface area (Å²) in [7, 11) is -3.69. The van der Waals surface area contributed by atoms with Gasteiger partial charge in [0.05, 0.1) is 24.4 Å². The molecule has 35 heavy (non-hydrogen) atoms. The maximum absolute atomic E-state index is 13.0. The van der Waals surface area contributed by atoms with Crippen LogP contribution >= 0.6 is 22.9 Å². The van der Waals surface area contributed by atoms with Crippen molar-refractivity contribution < 1.29 is 13.2 Å². The van der Waals surface area contributed by atoms with Crippen LogP contribution in [0.3, 0.4) is 0 Å². The number of piperidine rings is 1. The Morgan fingerprint density at radius 2 is 1.94 bits per heavy atom. The van der Waals surface area contributed by atoms with Gasteiger partial charge in [0, 0.05) is 48.7 Å². The molecule has 4 heterocycles. The summed E-state index contributed by atoms with van der Waals surface area (Å²) in [5.41, 5.74) is 2.64. The molecule has 1 atom stereocenters. The van der Waals surface area contributed by atoms with E-state index in [0.717, 1.165) is 71.9 Å². The number of anilines is 2. The largest absolute Gasteiger partial charge is 0.378 e. The Balaban J connectivity index is 1.37. The molecule has 5 rings (SSSR count). The third-order valence-corrected chi connectivity index (χ3v) is 9.34.